The average Bonchev–Trinajstić information content (AvgIpc) is 3.17. The van der Waals surface area contributed by atoms with Crippen molar-refractivity contribution in [2.45, 2.75) is 0 Å². The third-order valence-corrected chi connectivity index (χ3v) is 9.27. The highest BCUT2D eigenvalue weighted by Crippen LogP contribution is 2.37. The van der Waals surface area contributed by atoms with Crippen molar-refractivity contribution in [3.63, 3.8) is 0 Å². The van der Waals surface area contributed by atoms with Crippen molar-refractivity contribution in [2.75, 3.05) is 11.9 Å². The molecule has 0 bridgehead atoms. The standard InChI is InChI=1S/C45H31N3/c1-2-10-30(11-3-1)31-19-21-32(22-20-31)43-29-44(37-14-8-13-33(26-37)34-23-24-42-36(27-34)15-9-25-46-42)48-45(47-43)41-28-35-12-4-5-16-38(35)39-17-6-7-18-40(39)41/h1-24,26-29,46H,25H2. The third kappa shape index (κ3) is 5.12. The molecule has 0 aliphatic carbocycles. The number of anilines is 1. The van der Waals surface area contributed by atoms with Crippen LogP contribution in [-0.4, -0.2) is 16.5 Å². The van der Waals surface area contributed by atoms with Crippen molar-refractivity contribution >= 4 is 33.3 Å². The Labute approximate surface area is 279 Å². The van der Waals surface area contributed by atoms with Crippen LogP contribution < -0.4 is 5.32 Å². The molecule has 9 rings (SSSR count). The molecule has 1 N–H and O–H groups in total. The molecule has 3 heteroatoms. The summed E-state index contributed by atoms with van der Waals surface area (Å²) in [4.78, 5) is 10.6. The van der Waals surface area contributed by atoms with Crippen LogP contribution >= 0.6 is 0 Å². The topological polar surface area (TPSA) is 37.8 Å². The molecule has 48 heavy (non-hydrogen) atoms. The number of nitrogens with zero attached hydrogens (tertiary/aromatic N) is 2. The molecule has 0 saturated carbocycles. The normalized spacial score (nSPS) is 12.2. The molecule has 1 aliphatic heterocycles. The second-order valence-corrected chi connectivity index (χ2v) is 12.3. The van der Waals surface area contributed by atoms with Gasteiger partial charge in [0.2, 0.25) is 0 Å². The Morgan fingerprint density at radius 2 is 1.06 bits per heavy atom. The maximum atomic E-state index is 5.29. The van der Waals surface area contributed by atoms with Crippen LogP contribution in [-0.2, 0) is 0 Å². The van der Waals surface area contributed by atoms with Gasteiger partial charge in [-0.25, -0.2) is 9.97 Å². The lowest BCUT2D eigenvalue weighted by Gasteiger charge is -2.15. The number of rotatable bonds is 5. The van der Waals surface area contributed by atoms with Crippen LogP contribution in [0.3, 0.4) is 0 Å². The maximum absolute atomic E-state index is 5.29. The number of benzene rings is 7. The van der Waals surface area contributed by atoms with Crippen molar-refractivity contribution in [2.24, 2.45) is 0 Å². The fraction of sp³-hybridized carbons (Fsp3) is 0.0222. The minimum Gasteiger partial charge on any atom is -0.381 e. The fourth-order valence-corrected chi connectivity index (χ4v) is 6.82. The van der Waals surface area contributed by atoms with Crippen molar-refractivity contribution in [1.82, 2.24) is 9.97 Å². The van der Waals surface area contributed by atoms with Gasteiger partial charge in [-0.15, -0.1) is 0 Å². The second-order valence-electron chi connectivity index (χ2n) is 12.3. The summed E-state index contributed by atoms with van der Waals surface area (Å²) in [5, 5.41) is 8.20. The van der Waals surface area contributed by atoms with Gasteiger partial charge in [0.15, 0.2) is 5.82 Å². The Morgan fingerprint density at radius 1 is 0.438 bits per heavy atom. The van der Waals surface area contributed by atoms with E-state index in [0.717, 1.165) is 45.6 Å². The van der Waals surface area contributed by atoms with Crippen LogP contribution in [0, 0.1) is 0 Å². The lowest BCUT2D eigenvalue weighted by Crippen LogP contribution is -2.03. The van der Waals surface area contributed by atoms with Gasteiger partial charge < -0.3 is 5.32 Å². The first-order valence-corrected chi connectivity index (χ1v) is 16.4. The first kappa shape index (κ1) is 27.9. The average molecular weight is 614 g/mol. The van der Waals surface area contributed by atoms with Gasteiger partial charge in [0, 0.05) is 28.9 Å². The molecule has 0 fully saturated rings. The molecule has 1 aromatic heterocycles. The van der Waals surface area contributed by atoms with Crippen LogP contribution in [0.2, 0.25) is 0 Å². The summed E-state index contributed by atoms with van der Waals surface area (Å²) in [6.07, 6.45) is 4.36. The second kappa shape index (κ2) is 11.8. The van der Waals surface area contributed by atoms with E-state index in [1.807, 2.05) is 6.07 Å². The van der Waals surface area contributed by atoms with Gasteiger partial charge in [-0.2, -0.15) is 0 Å². The highest BCUT2D eigenvalue weighted by Gasteiger charge is 2.16. The monoisotopic (exact) mass is 613 g/mol. The van der Waals surface area contributed by atoms with E-state index in [9.17, 15) is 0 Å². The molecule has 0 saturated heterocycles. The van der Waals surface area contributed by atoms with Gasteiger partial charge in [0.25, 0.3) is 0 Å². The van der Waals surface area contributed by atoms with E-state index in [1.165, 1.54) is 44.1 Å². The van der Waals surface area contributed by atoms with Crippen LogP contribution in [0.15, 0.2) is 164 Å². The van der Waals surface area contributed by atoms with Crippen molar-refractivity contribution in [3.8, 4) is 56.2 Å². The van der Waals surface area contributed by atoms with E-state index < -0.39 is 0 Å². The van der Waals surface area contributed by atoms with E-state index in [2.05, 4.69) is 169 Å². The summed E-state index contributed by atoms with van der Waals surface area (Å²) < 4.78 is 0. The summed E-state index contributed by atoms with van der Waals surface area (Å²) in [6.45, 7) is 0.863. The molecule has 0 unspecified atom stereocenters. The summed E-state index contributed by atoms with van der Waals surface area (Å²) in [5.41, 5.74) is 12.0. The van der Waals surface area contributed by atoms with E-state index in [-0.39, 0.29) is 0 Å². The minimum atomic E-state index is 0.715. The molecule has 2 heterocycles. The van der Waals surface area contributed by atoms with Crippen LogP contribution in [0.1, 0.15) is 5.56 Å². The largest absolute Gasteiger partial charge is 0.381 e. The Hall–Kier alpha value is -6.32. The van der Waals surface area contributed by atoms with Crippen LogP contribution in [0.5, 0.6) is 0 Å². The van der Waals surface area contributed by atoms with Crippen molar-refractivity contribution in [1.29, 1.82) is 0 Å². The smallest absolute Gasteiger partial charge is 0.161 e. The Bertz CT molecular complexity index is 2500. The number of nitrogens with one attached hydrogen (secondary N) is 1. The first-order valence-electron chi connectivity index (χ1n) is 16.4. The summed E-state index contributed by atoms with van der Waals surface area (Å²) >= 11 is 0. The Morgan fingerprint density at radius 3 is 1.92 bits per heavy atom. The van der Waals surface area contributed by atoms with E-state index in [1.54, 1.807) is 0 Å². The summed E-state index contributed by atoms with van der Waals surface area (Å²) in [5.74, 6) is 0.715. The zero-order valence-corrected chi connectivity index (χ0v) is 26.3. The van der Waals surface area contributed by atoms with Gasteiger partial charge in [0.05, 0.1) is 11.4 Å². The molecular formula is C45H31N3. The van der Waals surface area contributed by atoms with Crippen molar-refractivity contribution in [3.05, 3.63) is 169 Å². The molecule has 7 aromatic carbocycles. The summed E-state index contributed by atoms with van der Waals surface area (Å²) in [6, 6.07) is 56.0. The third-order valence-electron chi connectivity index (χ3n) is 9.27. The molecule has 0 amide bonds. The summed E-state index contributed by atoms with van der Waals surface area (Å²) in [7, 11) is 0. The van der Waals surface area contributed by atoms with Gasteiger partial charge in [-0.05, 0) is 79.7 Å². The number of hydrogen-bond acceptors (Lipinski definition) is 3. The molecule has 3 nitrogen and oxygen atoms in total. The highest BCUT2D eigenvalue weighted by molar-refractivity contribution is 6.13. The molecule has 1 aliphatic rings. The SMILES string of the molecule is C1=Cc2cc(-c3cccc(-c4cc(-c5ccc(-c6ccccc6)cc5)nc(-c5cc6ccccc6c6ccccc56)n4)c3)ccc2NC1. The molecule has 0 spiro atoms. The number of hydrogen-bond donors (Lipinski definition) is 1. The lowest BCUT2D eigenvalue weighted by atomic mass is 9.96. The van der Waals surface area contributed by atoms with Gasteiger partial charge in [-0.1, -0.05) is 140 Å². The quantitative estimate of drug-likeness (QED) is 0.196. The predicted octanol–water partition coefficient (Wildman–Crippen LogP) is 11.6. The minimum absolute atomic E-state index is 0.715. The Balaban J connectivity index is 1.22. The van der Waals surface area contributed by atoms with Crippen molar-refractivity contribution < 1.29 is 0 Å². The zero-order chi connectivity index (χ0) is 31.9. The molecule has 8 aromatic rings. The zero-order valence-electron chi connectivity index (χ0n) is 26.3. The van der Waals surface area contributed by atoms with Gasteiger partial charge in [0.1, 0.15) is 0 Å². The molecule has 0 atom stereocenters. The molecule has 226 valence electrons. The molecule has 0 radical (unpaired) electrons. The van der Waals surface area contributed by atoms with E-state index >= 15 is 0 Å². The lowest BCUT2D eigenvalue weighted by molar-refractivity contribution is 1.19. The highest BCUT2D eigenvalue weighted by atomic mass is 14.9. The molecular weight excluding hydrogens is 583 g/mol. The van der Waals surface area contributed by atoms with E-state index in [4.69, 9.17) is 9.97 Å². The fourth-order valence-electron chi connectivity index (χ4n) is 6.82. The van der Waals surface area contributed by atoms with Gasteiger partial charge >= 0.3 is 0 Å². The van der Waals surface area contributed by atoms with Gasteiger partial charge in [-0.3, -0.25) is 0 Å². The van der Waals surface area contributed by atoms with Crippen LogP contribution in [0.25, 0.3) is 83.8 Å². The maximum Gasteiger partial charge on any atom is 0.161 e. The predicted molar refractivity (Wildman–Crippen MR) is 202 cm³/mol. The Kier molecular flexibility index (Phi) is 6.87. The van der Waals surface area contributed by atoms with Crippen LogP contribution in [0.4, 0.5) is 5.69 Å². The number of fused-ring (bicyclic) bond motifs is 4. The first-order chi connectivity index (χ1) is 23.8. The van der Waals surface area contributed by atoms with E-state index in [0.29, 0.717) is 5.82 Å². The number of aromatic nitrogens is 2.